The number of nitrogens with one attached hydrogen (secondary N) is 1. The van der Waals surface area contributed by atoms with Gasteiger partial charge in [0.1, 0.15) is 11.6 Å². The minimum atomic E-state index is -0.0218. The number of hydrogen-bond donors (Lipinski definition) is 1. The first-order chi connectivity index (χ1) is 13.3. The van der Waals surface area contributed by atoms with Gasteiger partial charge in [-0.2, -0.15) is 0 Å². The number of rotatable bonds is 8. The van der Waals surface area contributed by atoms with Crippen LogP contribution in [0.3, 0.4) is 0 Å². The monoisotopic (exact) mass is 368 g/mol. The Labute approximate surface area is 161 Å². The molecular weight excluding hydrogens is 340 g/mol. The molecule has 1 amide bonds. The Bertz CT molecular complexity index is 698. The van der Waals surface area contributed by atoms with Crippen molar-refractivity contribution in [2.24, 2.45) is 5.92 Å². The fraction of sp³-hybridized carbons (Fsp3) is 0.476. The largest absolute Gasteiger partial charge is 0.494 e. The van der Waals surface area contributed by atoms with Gasteiger partial charge in [0, 0.05) is 37.6 Å². The third-order valence-electron chi connectivity index (χ3n) is 4.92. The topological polar surface area (TPSA) is 67.3 Å². The molecule has 1 fully saturated rings. The lowest BCUT2D eigenvalue weighted by Crippen LogP contribution is -2.39. The van der Waals surface area contributed by atoms with Gasteiger partial charge in [-0.15, -0.1) is 0 Å². The molecular formula is C21H28N4O2. The molecule has 6 heteroatoms. The number of amides is 1. The number of ether oxygens (including phenoxy) is 1. The van der Waals surface area contributed by atoms with E-state index in [1.54, 1.807) is 18.6 Å². The molecule has 2 heterocycles. The van der Waals surface area contributed by atoms with Gasteiger partial charge >= 0.3 is 0 Å². The summed E-state index contributed by atoms with van der Waals surface area (Å²) >= 11 is 0. The number of carbonyl (C=O) groups is 1. The van der Waals surface area contributed by atoms with E-state index >= 15 is 0 Å². The molecule has 3 rings (SSSR count). The van der Waals surface area contributed by atoms with Gasteiger partial charge in [0.15, 0.2) is 0 Å². The maximum Gasteiger partial charge on any atom is 0.251 e. The van der Waals surface area contributed by atoms with Gasteiger partial charge in [0.25, 0.3) is 5.91 Å². The van der Waals surface area contributed by atoms with E-state index in [0.29, 0.717) is 18.0 Å². The highest BCUT2D eigenvalue weighted by Gasteiger charge is 2.20. The normalized spacial score (nSPS) is 14.8. The van der Waals surface area contributed by atoms with Gasteiger partial charge in [-0.25, -0.2) is 4.98 Å². The molecule has 0 atom stereocenters. The number of anilines is 1. The molecule has 0 aliphatic carbocycles. The Hall–Kier alpha value is -2.63. The van der Waals surface area contributed by atoms with Crippen molar-refractivity contribution < 1.29 is 9.53 Å². The minimum absolute atomic E-state index is 0.0218. The second-order valence-electron chi connectivity index (χ2n) is 6.93. The van der Waals surface area contributed by atoms with Crippen molar-refractivity contribution in [2.75, 3.05) is 31.1 Å². The molecule has 6 nitrogen and oxygen atoms in total. The molecule has 0 saturated carbocycles. The lowest BCUT2D eigenvalue weighted by Gasteiger charge is -2.32. The van der Waals surface area contributed by atoms with Crippen LogP contribution >= 0.6 is 0 Å². The van der Waals surface area contributed by atoms with Crippen LogP contribution in [0.2, 0.25) is 0 Å². The van der Waals surface area contributed by atoms with Crippen LogP contribution in [0.15, 0.2) is 42.9 Å². The zero-order valence-electron chi connectivity index (χ0n) is 15.9. The Balaban J connectivity index is 1.40. The zero-order valence-corrected chi connectivity index (χ0v) is 15.9. The lowest BCUT2D eigenvalue weighted by atomic mass is 9.96. The Kier molecular flexibility index (Phi) is 7.02. The maximum absolute atomic E-state index is 12.4. The van der Waals surface area contributed by atoms with Gasteiger partial charge in [-0.05, 0) is 49.4 Å². The van der Waals surface area contributed by atoms with E-state index < -0.39 is 0 Å². The third-order valence-corrected chi connectivity index (χ3v) is 4.92. The second kappa shape index (κ2) is 9.90. The van der Waals surface area contributed by atoms with Gasteiger partial charge in [-0.3, -0.25) is 9.78 Å². The Morgan fingerprint density at radius 1 is 1.22 bits per heavy atom. The van der Waals surface area contributed by atoms with E-state index in [1.807, 2.05) is 24.3 Å². The van der Waals surface area contributed by atoms with Crippen LogP contribution in [0.25, 0.3) is 0 Å². The van der Waals surface area contributed by atoms with Crippen molar-refractivity contribution in [3.05, 3.63) is 48.4 Å². The Morgan fingerprint density at radius 2 is 2.00 bits per heavy atom. The number of unbranched alkanes of at least 4 members (excludes halogenated alkanes) is 1. The highest BCUT2D eigenvalue weighted by Crippen LogP contribution is 2.20. The lowest BCUT2D eigenvalue weighted by molar-refractivity contribution is 0.0945. The molecule has 0 bridgehead atoms. The van der Waals surface area contributed by atoms with E-state index in [0.717, 1.165) is 56.9 Å². The molecule has 0 radical (unpaired) electrons. The summed E-state index contributed by atoms with van der Waals surface area (Å²) in [6, 6.07) is 7.38. The first-order valence-electron chi connectivity index (χ1n) is 9.78. The van der Waals surface area contributed by atoms with Gasteiger partial charge in [0.2, 0.25) is 0 Å². The van der Waals surface area contributed by atoms with E-state index in [-0.39, 0.29) is 5.91 Å². The molecule has 144 valence electrons. The van der Waals surface area contributed by atoms with Gasteiger partial charge < -0.3 is 15.0 Å². The number of hydrogen-bond acceptors (Lipinski definition) is 5. The van der Waals surface area contributed by atoms with Crippen LogP contribution in [-0.4, -0.2) is 42.1 Å². The van der Waals surface area contributed by atoms with Crippen LogP contribution in [0, 0.1) is 5.92 Å². The van der Waals surface area contributed by atoms with Crippen LogP contribution in [-0.2, 0) is 0 Å². The molecule has 1 aliphatic heterocycles. The molecule has 1 aliphatic rings. The summed E-state index contributed by atoms with van der Waals surface area (Å²) in [5, 5.41) is 3.07. The van der Waals surface area contributed by atoms with Crippen molar-refractivity contribution in [1.82, 2.24) is 15.3 Å². The molecule has 0 unspecified atom stereocenters. The predicted octanol–water partition coefficient (Wildman–Crippen LogP) is 3.30. The summed E-state index contributed by atoms with van der Waals surface area (Å²) in [5.41, 5.74) is 0.676. The second-order valence-corrected chi connectivity index (χ2v) is 6.93. The molecule has 0 spiro atoms. The van der Waals surface area contributed by atoms with Crippen LogP contribution in [0.5, 0.6) is 5.75 Å². The van der Waals surface area contributed by atoms with Gasteiger partial charge in [-0.1, -0.05) is 13.3 Å². The van der Waals surface area contributed by atoms with Crippen LogP contribution < -0.4 is 15.0 Å². The van der Waals surface area contributed by atoms with Crippen LogP contribution in [0.4, 0.5) is 5.82 Å². The first kappa shape index (κ1) is 19.1. The number of piperidine rings is 1. The van der Waals surface area contributed by atoms with E-state index in [4.69, 9.17) is 4.74 Å². The van der Waals surface area contributed by atoms with Crippen molar-refractivity contribution >= 4 is 11.7 Å². The molecule has 27 heavy (non-hydrogen) atoms. The fourth-order valence-corrected chi connectivity index (χ4v) is 3.20. The SMILES string of the molecule is CCCCOc1ccc(C(=O)NCC2CCN(c3cnccn3)CC2)cc1. The van der Waals surface area contributed by atoms with Crippen molar-refractivity contribution in [3.8, 4) is 5.75 Å². The summed E-state index contributed by atoms with van der Waals surface area (Å²) in [4.78, 5) is 23.1. The van der Waals surface area contributed by atoms with E-state index in [2.05, 4.69) is 27.1 Å². The third kappa shape index (κ3) is 5.67. The average Bonchev–Trinajstić information content (AvgIpc) is 2.74. The highest BCUT2D eigenvalue weighted by atomic mass is 16.5. The van der Waals surface area contributed by atoms with Gasteiger partial charge in [0.05, 0.1) is 12.8 Å². The van der Waals surface area contributed by atoms with Crippen molar-refractivity contribution in [1.29, 1.82) is 0 Å². The predicted molar refractivity (Wildman–Crippen MR) is 106 cm³/mol. The standard InChI is InChI=1S/C21H28N4O2/c1-2-3-14-27-19-6-4-18(5-7-19)21(26)24-15-17-8-12-25(13-9-17)20-16-22-10-11-23-20/h4-7,10-11,16-17H,2-3,8-9,12-15H2,1H3,(H,24,26). The minimum Gasteiger partial charge on any atom is -0.494 e. The van der Waals surface area contributed by atoms with Crippen molar-refractivity contribution in [2.45, 2.75) is 32.6 Å². The first-order valence-corrected chi connectivity index (χ1v) is 9.78. The quantitative estimate of drug-likeness (QED) is 0.724. The summed E-state index contributed by atoms with van der Waals surface area (Å²) in [6.45, 7) is 5.46. The summed E-state index contributed by atoms with van der Waals surface area (Å²) < 4.78 is 5.64. The number of nitrogens with zero attached hydrogens (tertiary/aromatic N) is 3. The summed E-state index contributed by atoms with van der Waals surface area (Å²) in [5.74, 6) is 2.22. The number of benzene rings is 1. The highest BCUT2D eigenvalue weighted by molar-refractivity contribution is 5.94. The molecule has 1 saturated heterocycles. The smallest absolute Gasteiger partial charge is 0.251 e. The van der Waals surface area contributed by atoms with Crippen molar-refractivity contribution in [3.63, 3.8) is 0 Å². The van der Waals surface area contributed by atoms with E-state index in [9.17, 15) is 4.79 Å². The summed E-state index contributed by atoms with van der Waals surface area (Å²) in [7, 11) is 0. The van der Waals surface area contributed by atoms with Crippen LogP contribution in [0.1, 0.15) is 43.0 Å². The number of aromatic nitrogens is 2. The van der Waals surface area contributed by atoms with E-state index in [1.165, 1.54) is 0 Å². The zero-order chi connectivity index (χ0) is 18.9. The maximum atomic E-state index is 12.4. The fourth-order valence-electron chi connectivity index (χ4n) is 3.20. The number of carbonyl (C=O) groups excluding carboxylic acids is 1. The Morgan fingerprint density at radius 3 is 2.67 bits per heavy atom. The molecule has 1 aromatic heterocycles. The summed E-state index contributed by atoms with van der Waals surface area (Å²) in [6.07, 6.45) is 9.45. The molecule has 2 aromatic rings. The molecule has 1 N–H and O–H groups in total. The molecule has 1 aromatic carbocycles. The average molecular weight is 368 g/mol.